The molecule has 25 heavy (non-hydrogen) atoms. The third-order valence-corrected chi connectivity index (χ3v) is 3.92. The number of H-pyrrole nitrogens is 1. The fourth-order valence-electron chi connectivity index (χ4n) is 2.72. The Kier molecular flexibility index (Phi) is 3.47. The minimum absolute atomic E-state index is 0.0253. The molecular formula is C17H13N5O3. The van der Waals surface area contributed by atoms with Crippen LogP contribution in [0.3, 0.4) is 0 Å². The molecule has 1 aromatic carbocycles. The predicted octanol–water partition coefficient (Wildman–Crippen LogP) is 1.57. The van der Waals surface area contributed by atoms with Gasteiger partial charge in [-0.25, -0.2) is 9.67 Å². The van der Waals surface area contributed by atoms with Crippen molar-refractivity contribution in [2.24, 2.45) is 0 Å². The average molecular weight is 335 g/mol. The summed E-state index contributed by atoms with van der Waals surface area (Å²) < 4.78 is 12.8. The summed E-state index contributed by atoms with van der Waals surface area (Å²) in [5, 5.41) is 13.4. The molecular weight excluding hydrogens is 322 g/mol. The van der Waals surface area contributed by atoms with Crippen molar-refractivity contribution in [1.82, 2.24) is 19.7 Å². The molecule has 8 nitrogen and oxygen atoms in total. The normalized spacial score (nSPS) is 12.6. The summed E-state index contributed by atoms with van der Waals surface area (Å²) in [7, 11) is 0. The van der Waals surface area contributed by atoms with Gasteiger partial charge in [0, 0.05) is 17.3 Å². The van der Waals surface area contributed by atoms with Gasteiger partial charge in [-0.2, -0.15) is 10.4 Å². The zero-order valence-electron chi connectivity index (χ0n) is 13.3. The molecule has 0 amide bonds. The highest BCUT2D eigenvalue weighted by atomic mass is 16.6. The number of rotatable bonds is 2. The Balaban J connectivity index is 1.85. The topological polar surface area (TPSA) is 106 Å². The standard InChI is InChI=1S/C17H13N5O3/c1-10-13(6-11(8-18)17(23)21-10)16-19-9-20-22(16)12-2-3-14-15(7-12)25-5-4-24-14/h2-3,6-7,9H,4-5H2,1H3,(H,21,23). The van der Waals surface area contributed by atoms with Gasteiger partial charge in [0.15, 0.2) is 17.3 Å². The molecule has 0 aliphatic carbocycles. The van der Waals surface area contributed by atoms with Crippen molar-refractivity contribution in [3.8, 4) is 34.6 Å². The maximum atomic E-state index is 11.8. The molecule has 0 bridgehead atoms. The third-order valence-electron chi connectivity index (χ3n) is 3.92. The quantitative estimate of drug-likeness (QED) is 0.762. The van der Waals surface area contributed by atoms with Gasteiger partial charge in [-0.05, 0) is 25.1 Å². The lowest BCUT2D eigenvalue weighted by molar-refractivity contribution is 0.171. The Morgan fingerprint density at radius 2 is 2.04 bits per heavy atom. The number of hydrogen-bond acceptors (Lipinski definition) is 6. The molecule has 0 saturated heterocycles. The molecule has 124 valence electrons. The highest BCUT2D eigenvalue weighted by Crippen LogP contribution is 2.33. The zero-order chi connectivity index (χ0) is 17.4. The smallest absolute Gasteiger partial charge is 0.266 e. The fraction of sp³-hybridized carbons (Fsp3) is 0.176. The lowest BCUT2D eigenvalue weighted by Gasteiger charge is -2.19. The first-order valence-electron chi connectivity index (χ1n) is 7.62. The lowest BCUT2D eigenvalue weighted by atomic mass is 10.1. The molecule has 0 atom stereocenters. The maximum Gasteiger partial charge on any atom is 0.266 e. The van der Waals surface area contributed by atoms with Crippen LogP contribution in [0.15, 0.2) is 35.4 Å². The van der Waals surface area contributed by atoms with Gasteiger partial charge in [0.1, 0.15) is 31.2 Å². The molecule has 0 radical (unpaired) electrons. The Labute approximate surface area is 142 Å². The second-order valence-corrected chi connectivity index (χ2v) is 5.49. The number of ether oxygens (including phenoxy) is 2. The van der Waals surface area contributed by atoms with Crippen LogP contribution in [0.25, 0.3) is 17.1 Å². The van der Waals surface area contributed by atoms with Gasteiger partial charge in [0.2, 0.25) is 0 Å². The Morgan fingerprint density at radius 3 is 2.84 bits per heavy atom. The second-order valence-electron chi connectivity index (χ2n) is 5.49. The van der Waals surface area contributed by atoms with Crippen molar-refractivity contribution in [3.63, 3.8) is 0 Å². The molecule has 1 N–H and O–H groups in total. The van der Waals surface area contributed by atoms with E-state index < -0.39 is 5.56 Å². The Bertz CT molecular complexity index is 1060. The van der Waals surface area contributed by atoms with Crippen molar-refractivity contribution in [3.05, 3.63) is 52.2 Å². The van der Waals surface area contributed by atoms with E-state index in [0.29, 0.717) is 41.8 Å². The molecule has 0 unspecified atom stereocenters. The van der Waals surface area contributed by atoms with E-state index in [1.165, 1.54) is 12.4 Å². The summed E-state index contributed by atoms with van der Waals surface area (Å²) in [6.07, 6.45) is 1.42. The highest BCUT2D eigenvalue weighted by molar-refractivity contribution is 5.63. The van der Waals surface area contributed by atoms with Crippen molar-refractivity contribution < 1.29 is 9.47 Å². The Hall–Kier alpha value is -3.60. The van der Waals surface area contributed by atoms with Gasteiger partial charge in [-0.3, -0.25) is 4.79 Å². The number of nitriles is 1. The van der Waals surface area contributed by atoms with Gasteiger partial charge in [0.05, 0.1) is 5.69 Å². The zero-order valence-corrected chi connectivity index (χ0v) is 13.3. The summed E-state index contributed by atoms with van der Waals surface area (Å²) in [6, 6.07) is 8.89. The number of aromatic amines is 1. The van der Waals surface area contributed by atoms with Crippen LogP contribution in [0.5, 0.6) is 11.5 Å². The molecule has 4 rings (SSSR count). The minimum atomic E-state index is -0.422. The number of nitrogens with zero attached hydrogens (tertiary/aromatic N) is 4. The van der Waals surface area contributed by atoms with E-state index in [2.05, 4.69) is 15.1 Å². The largest absolute Gasteiger partial charge is 0.486 e. The number of pyridine rings is 1. The predicted molar refractivity (Wildman–Crippen MR) is 87.9 cm³/mol. The first kappa shape index (κ1) is 15.0. The summed E-state index contributed by atoms with van der Waals surface area (Å²) in [5.41, 5.74) is 1.58. The van der Waals surface area contributed by atoms with Gasteiger partial charge >= 0.3 is 0 Å². The summed E-state index contributed by atoms with van der Waals surface area (Å²) >= 11 is 0. The fourth-order valence-corrected chi connectivity index (χ4v) is 2.72. The second kappa shape index (κ2) is 5.79. The maximum absolute atomic E-state index is 11.8. The van der Waals surface area contributed by atoms with Crippen molar-refractivity contribution in [1.29, 1.82) is 5.26 Å². The highest BCUT2D eigenvalue weighted by Gasteiger charge is 2.17. The summed E-state index contributed by atoms with van der Waals surface area (Å²) in [6.45, 7) is 2.76. The number of fused-ring (bicyclic) bond motifs is 1. The molecule has 1 aliphatic heterocycles. The van der Waals surface area contributed by atoms with E-state index >= 15 is 0 Å². The third kappa shape index (κ3) is 2.52. The SMILES string of the molecule is Cc1[nH]c(=O)c(C#N)cc1-c1ncnn1-c1ccc2c(c1)OCCO2. The molecule has 0 fully saturated rings. The van der Waals surface area contributed by atoms with E-state index in [9.17, 15) is 4.79 Å². The first-order valence-corrected chi connectivity index (χ1v) is 7.62. The number of nitrogens with one attached hydrogen (secondary N) is 1. The molecule has 8 heteroatoms. The summed E-state index contributed by atoms with van der Waals surface area (Å²) in [5.74, 6) is 1.84. The van der Waals surface area contributed by atoms with E-state index in [1.54, 1.807) is 11.6 Å². The van der Waals surface area contributed by atoms with Crippen molar-refractivity contribution in [2.75, 3.05) is 13.2 Å². The van der Waals surface area contributed by atoms with Crippen LogP contribution in [-0.4, -0.2) is 33.0 Å². The molecule has 1 aliphatic rings. The number of aryl methyl sites for hydroxylation is 1. The first-order chi connectivity index (χ1) is 12.2. The van der Waals surface area contributed by atoms with Crippen LogP contribution in [0.4, 0.5) is 0 Å². The van der Waals surface area contributed by atoms with Crippen LogP contribution in [-0.2, 0) is 0 Å². The average Bonchev–Trinajstić information content (AvgIpc) is 3.11. The number of hydrogen-bond donors (Lipinski definition) is 1. The van der Waals surface area contributed by atoms with Crippen molar-refractivity contribution in [2.45, 2.75) is 6.92 Å². The van der Waals surface area contributed by atoms with E-state index in [-0.39, 0.29) is 5.56 Å². The molecule has 3 aromatic rings. The lowest BCUT2D eigenvalue weighted by Crippen LogP contribution is -2.16. The summed E-state index contributed by atoms with van der Waals surface area (Å²) in [4.78, 5) is 18.7. The van der Waals surface area contributed by atoms with E-state index in [1.807, 2.05) is 24.3 Å². The van der Waals surface area contributed by atoms with Gasteiger partial charge < -0.3 is 14.5 Å². The number of aromatic nitrogens is 4. The van der Waals surface area contributed by atoms with Crippen LogP contribution in [0.2, 0.25) is 0 Å². The molecule has 0 spiro atoms. The van der Waals surface area contributed by atoms with Gasteiger partial charge in [0.25, 0.3) is 5.56 Å². The minimum Gasteiger partial charge on any atom is -0.486 e. The molecule has 0 saturated carbocycles. The van der Waals surface area contributed by atoms with Gasteiger partial charge in [-0.15, -0.1) is 0 Å². The molecule has 2 aromatic heterocycles. The van der Waals surface area contributed by atoms with Crippen LogP contribution >= 0.6 is 0 Å². The Morgan fingerprint density at radius 1 is 1.24 bits per heavy atom. The van der Waals surface area contributed by atoms with Crippen LogP contribution in [0.1, 0.15) is 11.3 Å². The number of benzene rings is 1. The van der Waals surface area contributed by atoms with E-state index in [0.717, 1.165) is 5.69 Å². The van der Waals surface area contributed by atoms with Crippen LogP contribution in [0, 0.1) is 18.3 Å². The molecule has 3 heterocycles. The van der Waals surface area contributed by atoms with E-state index in [4.69, 9.17) is 14.7 Å². The van der Waals surface area contributed by atoms with Gasteiger partial charge in [-0.1, -0.05) is 0 Å². The monoisotopic (exact) mass is 335 g/mol. The van der Waals surface area contributed by atoms with Crippen molar-refractivity contribution >= 4 is 0 Å². The van der Waals surface area contributed by atoms with Crippen LogP contribution < -0.4 is 15.0 Å².